The molecule has 5 heteroatoms. The fraction of sp³-hybridized carbons (Fsp3) is 0.632. The van der Waals surface area contributed by atoms with Crippen LogP contribution >= 0.6 is 0 Å². The highest BCUT2D eigenvalue weighted by Crippen LogP contribution is 2.25. The molecule has 2 fully saturated rings. The molecule has 1 aliphatic heterocycles. The third-order valence-corrected chi connectivity index (χ3v) is 5.28. The summed E-state index contributed by atoms with van der Waals surface area (Å²) in [5.41, 5.74) is 1.02. The zero-order chi connectivity index (χ0) is 16.9. The fourth-order valence-corrected chi connectivity index (χ4v) is 3.87. The number of benzene rings is 1. The molecule has 1 aliphatic carbocycles. The van der Waals surface area contributed by atoms with Crippen molar-refractivity contribution in [1.29, 1.82) is 0 Å². The molecule has 1 aromatic rings. The second-order valence-corrected chi connectivity index (χ2v) is 7.13. The Balaban J connectivity index is 1.68. The van der Waals surface area contributed by atoms with Gasteiger partial charge in [-0.2, -0.15) is 0 Å². The molecule has 2 N–H and O–H groups in total. The van der Waals surface area contributed by atoms with Crippen molar-refractivity contribution in [2.24, 2.45) is 0 Å². The lowest BCUT2D eigenvalue weighted by Crippen LogP contribution is -2.45. The molecule has 3 rings (SSSR count). The molecule has 1 saturated heterocycles. The molecule has 132 valence electrons. The predicted octanol–water partition coefficient (Wildman–Crippen LogP) is 2.12. The minimum atomic E-state index is -0.196. The average Bonchev–Trinajstić information content (AvgIpc) is 3.09. The van der Waals surface area contributed by atoms with Gasteiger partial charge in [0.2, 0.25) is 5.91 Å². The van der Waals surface area contributed by atoms with Crippen LogP contribution in [0.2, 0.25) is 0 Å². The zero-order valence-electron chi connectivity index (χ0n) is 14.2. The van der Waals surface area contributed by atoms with Crippen LogP contribution < -0.4 is 0 Å². The van der Waals surface area contributed by atoms with Gasteiger partial charge < -0.3 is 15.1 Å². The first-order valence-electron chi connectivity index (χ1n) is 9.09. The molecule has 2 aliphatic rings. The molecular formula is C19H28N2O3. The quantitative estimate of drug-likeness (QED) is 0.867. The van der Waals surface area contributed by atoms with Crippen molar-refractivity contribution < 1.29 is 15.0 Å². The van der Waals surface area contributed by atoms with Crippen LogP contribution in [0.1, 0.15) is 44.1 Å². The zero-order valence-corrected chi connectivity index (χ0v) is 14.2. The van der Waals surface area contributed by atoms with Crippen molar-refractivity contribution in [3.8, 4) is 5.75 Å². The first-order chi connectivity index (χ1) is 11.6. The summed E-state index contributed by atoms with van der Waals surface area (Å²) in [7, 11) is 0. The van der Waals surface area contributed by atoms with Gasteiger partial charge in [-0.05, 0) is 56.2 Å². The van der Waals surface area contributed by atoms with Gasteiger partial charge in [-0.25, -0.2) is 0 Å². The van der Waals surface area contributed by atoms with Crippen LogP contribution in [-0.4, -0.2) is 57.7 Å². The van der Waals surface area contributed by atoms with Crippen LogP contribution in [-0.2, 0) is 11.3 Å². The summed E-state index contributed by atoms with van der Waals surface area (Å²) < 4.78 is 0. The lowest BCUT2D eigenvalue weighted by atomic mass is 9.91. The molecule has 0 radical (unpaired) electrons. The number of rotatable bonds is 5. The minimum Gasteiger partial charge on any atom is -0.508 e. The SMILES string of the molecule is O=C(CN(Cc1cccc(O)c1)C1CCC(O)CC1)N1CCCC1. The third kappa shape index (κ3) is 4.48. The number of amides is 1. The van der Waals surface area contributed by atoms with Crippen molar-refractivity contribution in [2.75, 3.05) is 19.6 Å². The Morgan fingerprint density at radius 3 is 2.54 bits per heavy atom. The molecule has 0 bridgehead atoms. The van der Waals surface area contributed by atoms with Gasteiger partial charge in [-0.3, -0.25) is 9.69 Å². The fourth-order valence-electron chi connectivity index (χ4n) is 3.87. The van der Waals surface area contributed by atoms with Gasteiger partial charge in [-0.15, -0.1) is 0 Å². The molecule has 1 aromatic carbocycles. The number of aliphatic hydroxyl groups is 1. The van der Waals surface area contributed by atoms with E-state index in [-0.39, 0.29) is 17.8 Å². The predicted molar refractivity (Wildman–Crippen MR) is 92.6 cm³/mol. The van der Waals surface area contributed by atoms with E-state index in [2.05, 4.69) is 4.90 Å². The number of aromatic hydroxyl groups is 1. The van der Waals surface area contributed by atoms with Crippen LogP contribution in [0.15, 0.2) is 24.3 Å². The Hall–Kier alpha value is -1.59. The summed E-state index contributed by atoms with van der Waals surface area (Å²) in [5.74, 6) is 0.469. The Kier molecular flexibility index (Phi) is 5.74. The molecule has 1 saturated carbocycles. The molecule has 24 heavy (non-hydrogen) atoms. The molecule has 0 atom stereocenters. The van der Waals surface area contributed by atoms with Crippen LogP contribution in [0.25, 0.3) is 0 Å². The minimum absolute atomic E-state index is 0.196. The number of phenols is 1. The number of likely N-dealkylation sites (tertiary alicyclic amines) is 1. The lowest BCUT2D eigenvalue weighted by Gasteiger charge is -2.36. The van der Waals surface area contributed by atoms with Gasteiger partial charge in [-0.1, -0.05) is 12.1 Å². The Bertz CT molecular complexity index is 549. The van der Waals surface area contributed by atoms with E-state index in [9.17, 15) is 15.0 Å². The van der Waals surface area contributed by atoms with Gasteiger partial charge in [0.15, 0.2) is 0 Å². The van der Waals surface area contributed by atoms with Gasteiger partial charge in [0.25, 0.3) is 0 Å². The van der Waals surface area contributed by atoms with E-state index in [1.54, 1.807) is 12.1 Å². The molecule has 0 spiro atoms. The first kappa shape index (κ1) is 17.2. The molecule has 0 unspecified atom stereocenters. The van der Waals surface area contributed by atoms with E-state index in [0.717, 1.165) is 57.2 Å². The van der Waals surface area contributed by atoms with Crippen LogP contribution in [0.5, 0.6) is 5.75 Å². The van der Waals surface area contributed by atoms with Gasteiger partial charge in [0.05, 0.1) is 12.6 Å². The van der Waals surface area contributed by atoms with Crippen molar-refractivity contribution >= 4 is 5.91 Å². The summed E-state index contributed by atoms with van der Waals surface area (Å²) in [6.45, 7) is 2.84. The normalized spacial score (nSPS) is 24.5. The number of carbonyl (C=O) groups excluding carboxylic acids is 1. The van der Waals surface area contributed by atoms with E-state index >= 15 is 0 Å². The molecule has 1 amide bonds. The topological polar surface area (TPSA) is 64.0 Å². The van der Waals surface area contributed by atoms with E-state index in [0.29, 0.717) is 19.1 Å². The number of hydrogen-bond acceptors (Lipinski definition) is 4. The Morgan fingerprint density at radius 1 is 1.17 bits per heavy atom. The van der Waals surface area contributed by atoms with E-state index < -0.39 is 0 Å². The third-order valence-electron chi connectivity index (χ3n) is 5.28. The lowest BCUT2D eigenvalue weighted by molar-refractivity contribution is -0.132. The van der Waals surface area contributed by atoms with Crippen molar-refractivity contribution in [3.63, 3.8) is 0 Å². The molecular weight excluding hydrogens is 304 g/mol. The van der Waals surface area contributed by atoms with E-state index in [1.165, 1.54) is 0 Å². The maximum Gasteiger partial charge on any atom is 0.236 e. The van der Waals surface area contributed by atoms with Crippen molar-refractivity contribution in [3.05, 3.63) is 29.8 Å². The summed E-state index contributed by atoms with van der Waals surface area (Å²) in [5, 5.41) is 19.5. The van der Waals surface area contributed by atoms with Crippen molar-refractivity contribution in [2.45, 2.75) is 57.2 Å². The van der Waals surface area contributed by atoms with E-state index in [4.69, 9.17) is 0 Å². The Morgan fingerprint density at radius 2 is 1.88 bits per heavy atom. The van der Waals surface area contributed by atoms with Crippen LogP contribution in [0, 0.1) is 0 Å². The van der Waals surface area contributed by atoms with Crippen LogP contribution in [0.4, 0.5) is 0 Å². The van der Waals surface area contributed by atoms with Gasteiger partial charge in [0.1, 0.15) is 5.75 Å². The van der Waals surface area contributed by atoms with Gasteiger partial charge >= 0.3 is 0 Å². The number of nitrogens with zero attached hydrogens (tertiary/aromatic N) is 2. The maximum absolute atomic E-state index is 12.6. The summed E-state index contributed by atoms with van der Waals surface area (Å²) in [4.78, 5) is 16.8. The average molecular weight is 332 g/mol. The summed E-state index contributed by atoms with van der Waals surface area (Å²) in [6.07, 6.45) is 5.47. The number of phenolic OH excluding ortho intramolecular Hbond substituents is 1. The van der Waals surface area contributed by atoms with E-state index in [1.807, 2.05) is 17.0 Å². The highest BCUT2D eigenvalue weighted by molar-refractivity contribution is 5.78. The molecule has 5 nitrogen and oxygen atoms in total. The first-order valence-corrected chi connectivity index (χ1v) is 9.09. The van der Waals surface area contributed by atoms with Crippen LogP contribution in [0.3, 0.4) is 0 Å². The number of carbonyl (C=O) groups is 1. The highest BCUT2D eigenvalue weighted by atomic mass is 16.3. The second kappa shape index (κ2) is 7.99. The number of hydrogen-bond donors (Lipinski definition) is 2. The second-order valence-electron chi connectivity index (χ2n) is 7.13. The van der Waals surface area contributed by atoms with Gasteiger partial charge in [0, 0.05) is 25.7 Å². The largest absolute Gasteiger partial charge is 0.508 e. The summed E-state index contributed by atoms with van der Waals surface area (Å²) in [6, 6.07) is 7.59. The monoisotopic (exact) mass is 332 g/mol. The molecule has 1 heterocycles. The van der Waals surface area contributed by atoms with Crippen molar-refractivity contribution in [1.82, 2.24) is 9.80 Å². The summed E-state index contributed by atoms with van der Waals surface area (Å²) >= 11 is 0. The number of aliphatic hydroxyl groups excluding tert-OH is 1. The maximum atomic E-state index is 12.6. The standard InChI is InChI=1S/C19H28N2O3/c22-17-8-6-16(7-9-17)21(13-15-4-3-5-18(23)12-15)14-19(24)20-10-1-2-11-20/h3-5,12,16-17,22-23H,1-2,6-11,13-14H2. The molecule has 0 aromatic heterocycles. The highest BCUT2D eigenvalue weighted by Gasteiger charge is 2.28. The Labute approximate surface area is 143 Å². The smallest absolute Gasteiger partial charge is 0.236 e.